The lowest BCUT2D eigenvalue weighted by Gasteiger charge is -2.17. The summed E-state index contributed by atoms with van der Waals surface area (Å²) in [6.07, 6.45) is 0. The Bertz CT molecular complexity index is 560. The minimum absolute atomic E-state index is 0.367. The smallest absolute Gasteiger partial charge is 0.129 e. The summed E-state index contributed by atoms with van der Waals surface area (Å²) in [5.74, 6) is 4.65. The van der Waals surface area contributed by atoms with Gasteiger partial charge >= 0.3 is 0 Å². The fourth-order valence-corrected chi connectivity index (χ4v) is 2.12. The van der Waals surface area contributed by atoms with Crippen LogP contribution in [0.1, 0.15) is 17.2 Å². The van der Waals surface area contributed by atoms with Gasteiger partial charge in [0.05, 0.1) is 6.04 Å². The van der Waals surface area contributed by atoms with Crippen LogP contribution in [0.2, 0.25) is 0 Å². The molecule has 0 bridgehead atoms. The van der Waals surface area contributed by atoms with E-state index in [9.17, 15) is 8.78 Å². The zero-order chi connectivity index (χ0) is 13.1. The van der Waals surface area contributed by atoms with Crippen LogP contribution in [0.5, 0.6) is 0 Å². The molecule has 1 unspecified atom stereocenters. The van der Waals surface area contributed by atoms with Crippen molar-refractivity contribution in [3.63, 3.8) is 0 Å². The third-order valence-corrected chi connectivity index (χ3v) is 3.12. The fraction of sp³-hybridized carbons (Fsp3) is 0.0769. The Morgan fingerprint density at radius 1 is 1.11 bits per heavy atom. The van der Waals surface area contributed by atoms with Crippen molar-refractivity contribution in [2.45, 2.75) is 6.04 Å². The number of hydrazine groups is 1. The average molecular weight is 313 g/mol. The first kappa shape index (κ1) is 13.1. The van der Waals surface area contributed by atoms with Crippen LogP contribution in [0.15, 0.2) is 46.9 Å². The van der Waals surface area contributed by atoms with Gasteiger partial charge in [-0.15, -0.1) is 0 Å². The van der Waals surface area contributed by atoms with Crippen LogP contribution in [-0.2, 0) is 0 Å². The maximum Gasteiger partial charge on any atom is 0.129 e. The van der Waals surface area contributed by atoms with E-state index in [2.05, 4.69) is 21.4 Å². The predicted octanol–water partition coefficient (Wildman–Crippen LogP) is 3.28. The standard InChI is InChI=1S/C13H11BrF2N2/c14-9-4-5-11(12(16)7-9)13(18-17)8-2-1-3-10(15)6-8/h1-7,13,18H,17H2. The summed E-state index contributed by atoms with van der Waals surface area (Å²) < 4.78 is 27.7. The first-order valence-electron chi connectivity index (χ1n) is 5.28. The molecular weight excluding hydrogens is 302 g/mol. The number of hydrogen-bond donors (Lipinski definition) is 2. The van der Waals surface area contributed by atoms with Gasteiger partial charge in [-0.25, -0.2) is 14.2 Å². The Kier molecular flexibility index (Phi) is 4.06. The van der Waals surface area contributed by atoms with Crippen molar-refractivity contribution >= 4 is 15.9 Å². The Morgan fingerprint density at radius 3 is 2.50 bits per heavy atom. The van der Waals surface area contributed by atoms with Gasteiger partial charge in [-0.3, -0.25) is 5.84 Å². The molecule has 0 aromatic heterocycles. The molecule has 0 spiro atoms. The molecule has 18 heavy (non-hydrogen) atoms. The van der Waals surface area contributed by atoms with Crippen molar-refractivity contribution in [3.05, 3.63) is 69.7 Å². The summed E-state index contributed by atoms with van der Waals surface area (Å²) >= 11 is 3.18. The second-order valence-corrected chi connectivity index (χ2v) is 4.74. The number of benzene rings is 2. The molecule has 2 rings (SSSR count). The second kappa shape index (κ2) is 5.56. The summed E-state index contributed by atoms with van der Waals surface area (Å²) in [6, 6.07) is 9.98. The molecule has 0 heterocycles. The van der Waals surface area contributed by atoms with Gasteiger partial charge in [0.2, 0.25) is 0 Å². The van der Waals surface area contributed by atoms with E-state index in [-0.39, 0.29) is 5.82 Å². The van der Waals surface area contributed by atoms with E-state index >= 15 is 0 Å². The van der Waals surface area contributed by atoms with Gasteiger partial charge in [0.15, 0.2) is 0 Å². The van der Waals surface area contributed by atoms with Crippen molar-refractivity contribution in [2.75, 3.05) is 0 Å². The molecule has 0 aliphatic carbocycles. The maximum absolute atomic E-state index is 13.9. The number of halogens is 3. The van der Waals surface area contributed by atoms with Gasteiger partial charge in [-0.1, -0.05) is 34.1 Å². The molecule has 5 heteroatoms. The van der Waals surface area contributed by atoms with E-state index in [1.807, 2.05) is 0 Å². The van der Waals surface area contributed by atoms with E-state index < -0.39 is 11.9 Å². The molecule has 2 nitrogen and oxygen atoms in total. The molecule has 0 amide bonds. The highest BCUT2D eigenvalue weighted by atomic mass is 79.9. The van der Waals surface area contributed by atoms with Gasteiger partial charge in [0.25, 0.3) is 0 Å². The van der Waals surface area contributed by atoms with Gasteiger partial charge in [-0.2, -0.15) is 0 Å². The van der Waals surface area contributed by atoms with E-state index in [1.165, 1.54) is 18.2 Å². The first-order valence-corrected chi connectivity index (χ1v) is 6.07. The summed E-state index contributed by atoms with van der Waals surface area (Å²) in [5, 5.41) is 0. The summed E-state index contributed by atoms with van der Waals surface area (Å²) in [5.41, 5.74) is 3.44. The molecule has 2 aromatic rings. The van der Waals surface area contributed by atoms with Gasteiger partial charge < -0.3 is 0 Å². The minimum Gasteiger partial charge on any atom is -0.271 e. The lowest BCUT2D eigenvalue weighted by atomic mass is 9.99. The predicted molar refractivity (Wildman–Crippen MR) is 69.7 cm³/mol. The SMILES string of the molecule is NNC(c1cccc(F)c1)c1ccc(Br)cc1F. The zero-order valence-electron chi connectivity index (χ0n) is 9.33. The van der Waals surface area contributed by atoms with Crippen molar-refractivity contribution in [2.24, 2.45) is 5.84 Å². The Balaban J connectivity index is 2.45. The van der Waals surface area contributed by atoms with E-state index in [0.717, 1.165) is 0 Å². The monoisotopic (exact) mass is 312 g/mol. The molecular formula is C13H11BrF2N2. The van der Waals surface area contributed by atoms with Crippen LogP contribution in [0.4, 0.5) is 8.78 Å². The first-order chi connectivity index (χ1) is 8.61. The van der Waals surface area contributed by atoms with E-state index in [4.69, 9.17) is 5.84 Å². The van der Waals surface area contributed by atoms with Crippen molar-refractivity contribution in [3.8, 4) is 0 Å². The average Bonchev–Trinajstić information content (AvgIpc) is 2.33. The number of rotatable bonds is 3. The van der Waals surface area contributed by atoms with Crippen molar-refractivity contribution in [1.82, 2.24) is 5.43 Å². The molecule has 94 valence electrons. The topological polar surface area (TPSA) is 38.0 Å². The number of nitrogens with two attached hydrogens (primary N) is 1. The number of nitrogens with one attached hydrogen (secondary N) is 1. The van der Waals surface area contributed by atoms with Crippen LogP contribution >= 0.6 is 15.9 Å². The van der Waals surface area contributed by atoms with Crippen molar-refractivity contribution in [1.29, 1.82) is 0 Å². The largest absolute Gasteiger partial charge is 0.271 e. The minimum atomic E-state index is -0.589. The summed E-state index contributed by atoms with van der Waals surface area (Å²) in [7, 11) is 0. The summed E-state index contributed by atoms with van der Waals surface area (Å²) in [4.78, 5) is 0. The molecule has 1 atom stereocenters. The molecule has 0 saturated heterocycles. The van der Waals surface area contributed by atoms with E-state index in [1.54, 1.807) is 24.3 Å². The highest BCUT2D eigenvalue weighted by Crippen LogP contribution is 2.26. The molecule has 0 radical (unpaired) electrons. The van der Waals surface area contributed by atoms with Crippen molar-refractivity contribution < 1.29 is 8.78 Å². The zero-order valence-corrected chi connectivity index (χ0v) is 10.9. The summed E-state index contributed by atoms with van der Waals surface area (Å²) in [6.45, 7) is 0. The molecule has 0 fully saturated rings. The molecule has 2 aromatic carbocycles. The molecule has 0 aliphatic rings. The lowest BCUT2D eigenvalue weighted by molar-refractivity contribution is 0.555. The molecule has 3 N–H and O–H groups in total. The highest BCUT2D eigenvalue weighted by molar-refractivity contribution is 9.10. The normalized spacial score (nSPS) is 12.4. The van der Waals surface area contributed by atoms with Gasteiger partial charge in [0, 0.05) is 10.0 Å². The van der Waals surface area contributed by atoms with Crippen LogP contribution in [-0.4, -0.2) is 0 Å². The van der Waals surface area contributed by atoms with Gasteiger partial charge in [0.1, 0.15) is 11.6 Å². The maximum atomic E-state index is 13.9. The van der Waals surface area contributed by atoms with Gasteiger partial charge in [-0.05, 0) is 29.8 Å². The fourth-order valence-electron chi connectivity index (χ4n) is 1.79. The Hall–Kier alpha value is -1.30. The lowest BCUT2D eigenvalue weighted by Crippen LogP contribution is -2.29. The third-order valence-electron chi connectivity index (χ3n) is 2.62. The van der Waals surface area contributed by atoms with Crippen LogP contribution in [0, 0.1) is 11.6 Å². The van der Waals surface area contributed by atoms with Crippen LogP contribution in [0.25, 0.3) is 0 Å². The second-order valence-electron chi connectivity index (χ2n) is 3.82. The van der Waals surface area contributed by atoms with Crippen LogP contribution < -0.4 is 11.3 Å². The molecule has 0 aliphatic heterocycles. The molecule has 0 saturated carbocycles. The van der Waals surface area contributed by atoms with E-state index in [0.29, 0.717) is 15.6 Å². The highest BCUT2D eigenvalue weighted by Gasteiger charge is 2.17. The Morgan fingerprint density at radius 2 is 1.89 bits per heavy atom. The van der Waals surface area contributed by atoms with Crippen LogP contribution in [0.3, 0.4) is 0 Å². The third kappa shape index (κ3) is 2.75. The quantitative estimate of drug-likeness (QED) is 0.674. The Labute approximate surface area is 112 Å². The number of hydrogen-bond acceptors (Lipinski definition) is 2.